The van der Waals surface area contributed by atoms with Gasteiger partial charge in [-0.1, -0.05) is 109 Å². The molecule has 0 aliphatic heterocycles. The van der Waals surface area contributed by atoms with Crippen molar-refractivity contribution in [2.75, 3.05) is 31.9 Å². The number of urea groups is 4. The molecule has 8 aromatic carbocycles. The molecule has 0 spiro atoms. The molecule has 0 fully saturated rings. The highest BCUT2D eigenvalue weighted by atomic mass is 32.2. The molecule has 0 saturated carbocycles. The van der Waals surface area contributed by atoms with Crippen LogP contribution in [-0.2, 0) is 26.5 Å². The fourth-order valence-electron chi connectivity index (χ4n) is 7.03. The average Bonchev–Trinajstić information content (AvgIpc) is 3.30. The Morgan fingerprint density at radius 3 is 1.06 bits per heavy atom. The van der Waals surface area contributed by atoms with Crippen LogP contribution in [0.4, 0.5) is 53.3 Å². The van der Waals surface area contributed by atoms with Crippen molar-refractivity contribution in [1.29, 1.82) is 0 Å². The van der Waals surface area contributed by atoms with E-state index in [0.717, 1.165) is 32.7 Å². The fourth-order valence-corrected chi connectivity index (χ4v) is 9.17. The SMILES string of the molecule is O=C(Nc1ccc2ccccc2c1)Nc1ccccc1S(=O)(=O)NC(=O)Nc1ccc(Cc2ccc(NC(=O)NS(=O)(=O)c3ccccc3NC(=O)Nc3ccc4ccccc4c3)cc2)cc1. The van der Waals surface area contributed by atoms with Gasteiger partial charge in [0.1, 0.15) is 9.79 Å². The zero-order chi connectivity index (χ0) is 47.0. The number of carbonyl (C=O) groups excluding carboxylic acids is 4. The molecular weight excluding hydrogens is 893 g/mol. The van der Waals surface area contributed by atoms with E-state index in [1.807, 2.05) is 70.1 Å². The third-order valence-electron chi connectivity index (χ3n) is 10.2. The normalized spacial score (nSPS) is 11.2. The first-order valence-electron chi connectivity index (χ1n) is 20.4. The smallest absolute Gasteiger partial charge is 0.308 e. The van der Waals surface area contributed by atoms with Gasteiger partial charge < -0.3 is 31.9 Å². The first-order valence-corrected chi connectivity index (χ1v) is 23.4. The summed E-state index contributed by atoms with van der Waals surface area (Å²) in [4.78, 5) is 50.8. The molecule has 0 atom stereocenters. The predicted octanol–water partition coefficient (Wildman–Crippen LogP) is 9.89. The van der Waals surface area contributed by atoms with E-state index in [1.54, 1.807) is 84.9 Å². The number of fused-ring (bicyclic) bond motifs is 2. The van der Waals surface area contributed by atoms with Gasteiger partial charge in [0.15, 0.2) is 0 Å². The average molecular weight is 933 g/mol. The maximum atomic E-state index is 13.3. The lowest BCUT2D eigenvalue weighted by Gasteiger charge is -2.14. The molecule has 8 amide bonds. The molecule has 8 N–H and O–H groups in total. The Labute approximate surface area is 384 Å². The standard InChI is InChI=1S/C49H40N8O8S2/c58-46(52-40-27-21-34-9-1-3-11-36(34)30-40)54-42-13-5-7-15-44(42)66(62,63)56-48(60)50-38-23-17-32(18-24-38)29-33-19-25-39(26-20-33)51-49(61)57-67(64,65)45-16-8-6-14-43(45)55-47(59)53-41-28-22-35-10-2-4-12-37(35)31-41/h1-28,30-31H,29H2,(H2,50,56,60)(H2,51,57,61)(H2,52,54,58)(H2,53,55,59). The van der Waals surface area contributed by atoms with Crippen LogP contribution in [-0.4, -0.2) is 41.0 Å². The highest BCUT2D eigenvalue weighted by Crippen LogP contribution is 2.25. The molecule has 0 aliphatic carbocycles. The van der Waals surface area contributed by atoms with Crippen molar-refractivity contribution in [3.05, 3.63) is 193 Å². The number of benzene rings is 8. The van der Waals surface area contributed by atoms with Crippen molar-refractivity contribution < 1.29 is 36.0 Å². The highest BCUT2D eigenvalue weighted by Gasteiger charge is 2.24. The van der Waals surface area contributed by atoms with E-state index >= 15 is 0 Å². The molecule has 0 heterocycles. The van der Waals surface area contributed by atoms with Crippen LogP contribution in [0.2, 0.25) is 0 Å². The number of anilines is 6. The first kappa shape index (κ1) is 44.9. The number of sulfonamides is 2. The lowest BCUT2D eigenvalue weighted by atomic mass is 10.0. The lowest BCUT2D eigenvalue weighted by molar-refractivity contribution is 0.255. The van der Waals surface area contributed by atoms with E-state index in [1.165, 1.54) is 36.4 Å². The van der Waals surface area contributed by atoms with E-state index in [2.05, 4.69) is 31.9 Å². The summed E-state index contributed by atoms with van der Waals surface area (Å²) in [7, 11) is -8.88. The third-order valence-corrected chi connectivity index (χ3v) is 12.9. The number of hydrogen-bond donors (Lipinski definition) is 8. The van der Waals surface area contributed by atoms with Crippen molar-refractivity contribution in [3.8, 4) is 0 Å². The van der Waals surface area contributed by atoms with E-state index < -0.39 is 44.2 Å². The summed E-state index contributed by atoms with van der Waals surface area (Å²) in [5, 5.41) is 19.3. The minimum Gasteiger partial charge on any atom is -0.308 e. The molecular formula is C49H40N8O8S2. The summed E-state index contributed by atoms with van der Waals surface area (Å²) in [6.07, 6.45) is 0.443. The monoisotopic (exact) mass is 932 g/mol. The van der Waals surface area contributed by atoms with Gasteiger partial charge in [-0.05, 0) is 112 Å². The van der Waals surface area contributed by atoms with Crippen LogP contribution in [0.5, 0.6) is 0 Å². The summed E-state index contributed by atoms with van der Waals surface area (Å²) in [5.41, 5.74) is 3.20. The molecule has 8 aromatic rings. The molecule has 0 aromatic heterocycles. The molecule has 8 rings (SSSR count). The molecule has 0 unspecified atom stereocenters. The Morgan fingerprint density at radius 1 is 0.328 bits per heavy atom. The van der Waals surface area contributed by atoms with Crippen LogP contribution in [0, 0.1) is 0 Å². The number of amides is 8. The molecule has 0 aliphatic rings. The lowest BCUT2D eigenvalue weighted by Crippen LogP contribution is -2.35. The Kier molecular flexibility index (Phi) is 13.1. The largest absolute Gasteiger partial charge is 0.333 e. The minimum atomic E-state index is -4.44. The maximum Gasteiger partial charge on any atom is 0.333 e. The molecule has 67 heavy (non-hydrogen) atoms. The zero-order valence-electron chi connectivity index (χ0n) is 35.1. The van der Waals surface area contributed by atoms with E-state index in [-0.39, 0.29) is 21.2 Å². The maximum absolute atomic E-state index is 13.3. The van der Waals surface area contributed by atoms with Gasteiger partial charge in [0.25, 0.3) is 20.0 Å². The molecule has 336 valence electrons. The Bertz CT molecular complexity index is 3180. The summed E-state index contributed by atoms with van der Waals surface area (Å²) < 4.78 is 57.2. The van der Waals surface area contributed by atoms with Gasteiger partial charge in [-0.3, -0.25) is 0 Å². The van der Waals surface area contributed by atoms with Crippen LogP contribution in [0.1, 0.15) is 11.1 Å². The fraction of sp³-hybridized carbons (Fsp3) is 0.0204. The zero-order valence-corrected chi connectivity index (χ0v) is 36.7. The Balaban J connectivity index is 0.811. The minimum absolute atomic E-state index is 0.0438. The number of hydrogen-bond acceptors (Lipinski definition) is 8. The molecule has 0 bridgehead atoms. The Morgan fingerprint density at radius 2 is 0.657 bits per heavy atom. The number of rotatable bonds is 12. The van der Waals surface area contributed by atoms with Crippen molar-refractivity contribution in [2.45, 2.75) is 16.2 Å². The van der Waals surface area contributed by atoms with E-state index in [4.69, 9.17) is 0 Å². The van der Waals surface area contributed by atoms with Crippen LogP contribution in [0.15, 0.2) is 192 Å². The topological polar surface area (TPSA) is 233 Å². The summed E-state index contributed by atoms with van der Waals surface area (Å²) in [6, 6.07) is 47.3. The summed E-state index contributed by atoms with van der Waals surface area (Å²) in [6.45, 7) is 0. The van der Waals surface area contributed by atoms with Gasteiger partial charge in [0, 0.05) is 22.7 Å². The number of para-hydroxylation sites is 2. The van der Waals surface area contributed by atoms with Crippen LogP contribution < -0.4 is 41.3 Å². The van der Waals surface area contributed by atoms with Gasteiger partial charge >= 0.3 is 24.1 Å². The van der Waals surface area contributed by atoms with Crippen LogP contribution in [0.3, 0.4) is 0 Å². The second-order valence-corrected chi connectivity index (χ2v) is 18.3. The summed E-state index contributed by atoms with van der Waals surface area (Å²) >= 11 is 0. The quantitative estimate of drug-likeness (QED) is 0.0586. The Hall–Kier alpha value is -8.74. The molecule has 0 saturated heterocycles. The second kappa shape index (κ2) is 19.6. The van der Waals surface area contributed by atoms with Crippen molar-refractivity contribution >= 4 is 99.8 Å². The van der Waals surface area contributed by atoms with Crippen LogP contribution >= 0.6 is 0 Å². The molecule has 0 radical (unpaired) electrons. The van der Waals surface area contributed by atoms with Gasteiger partial charge in [-0.2, -0.15) is 0 Å². The van der Waals surface area contributed by atoms with Gasteiger partial charge in [0.05, 0.1) is 11.4 Å². The van der Waals surface area contributed by atoms with Crippen molar-refractivity contribution in [2.24, 2.45) is 0 Å². The highest BCUT2D eigenvalue weighted by molar-refractivity contribution is 7.90. The first-order chi connectivity index (χ1) is 32.3. The predicted molar refractivity (Wildman–Crippen MR) is 260 cm³/mol. The van der Waals surface area contributed by atoms with Crippen molar-refractivity contribution in [3.63, 3.8) is 0 Å². The third kappa shape index (κ3) is 11.5. The number of carbonyl (C=O) groups is 4. The molecule has 18 heteroatoms. The van der Waals surface area contributed by atoms with E-state index in [0.29, 0.717) is 29.2 Å². The molecule has 16 nitrogen and oxygen atoms in total. The van der Waals surface area contributed by atoms with Crippen molar-refractivity contribution in [1.82, 2.24) is 9.44 Å². The van der Waals surface area contributed by atoms with Crippen LogP contribution in [0.25, 0.3) is 21.5 Å². The summed E-state index contributed by atoms with van der Waals surface area (Å²) in [5.74, 6) is 0. The van der Waals surface area contributed by atoms with E-state index in [9.17, 15) is 36.0 Å². The second-order valence-electron chi connectivity index (χ2n) is 15.0. The van der Waals surface area contributed by atoms with Gasteiger partial charge in [0.2, 0.25) is 0 Å². The number of nitrogens with one attached hydrogen (secondary N) is 8. The van der Waals surface area contributed by atoms with Gasteiger partial charge in [-0.25, -0.2) is 45.5 Å². The van der Waals surface area contributed by atoms with Gasteiger partial charge in [-0.15, -0.1) is 0 Å².